The molecule has 64 heavy (non-hydrogen) atoms. The maximum absolute atomic E-state index is 14.3. The maximum atomic E-state index is 14.3. The molecule has 1 heterocycles. The zero-order chi connectivity index (χ0) is 48.0. The van der Waals surface area contributed by atoms with Crippen LogP contribution in [0, 0.1) is 17.8 Å². The highest BCUT2D eigenvalue weighted by atomic mass is 16.6. The van der Waals surface area contributed by atoms with Crippen molar-refractivity contribution in [2.24, 2.45) is 28.5 Å². The molecule has 7 atom stereocenters. The molecule has 0 radical (unpaired) electrons. The number of aliphatic imine (C=N–C) groups is 1. The minimum absolute atomic E-state index is 0.00245. The molecule has 1 saturated heterocycles. The number of guanidine groups is 1. The van der Waals surface area contributed by atoms with E-state index in [-0.39, 0.29) is 63.0 Å². The molecule has 20 heteroatoms. The van der Waals surface area contributed by atoms with Crippen molar-refractivity contribution in [2.45, 2.75) is 174 Å². The number of unbranched alkanes of at least 4 members (excludes halogenated alkanes) is 3. The minimum atomic E-state index is -1.45. The van der Waals surface area contributed by atoms with Crippen LogP contribution in [0.5, 0.6) is 0 Å². The molecule has 0 aromatic heterocycles. The third-order valence-corrected chi connectivity index (χ3v) is 11.1. The largest absolute Gasteiger partial charge is 0.465 e. The number of carboxylic acid groups (broad SMARTS) is 1. The Morgan fingerprint density at radius 2 is 1.56 bits per heavy atom. The van der Waals surface area contributed by atoms with Crippen molar-refractivity contribution in [1.29, 1.82) is 0 Å². The molecule has 0 spiro atoms. The van der Waals surface area contributed by atoms with E-state index in [0.717, 1.165) is 44.9 Å². The molecule has 20 nitrogen and oxygen atoms in total. The van der Waals surface area contributed by atoms with E-state index in [1.165, 1.54) is 4.90 Å². The summed E-state index contributed by atoms with van der Waals surface area (Å²) in [6.07, 6.45) is 6.12. The van der Waals surface area contributed by atoms with Crippen molar-refractivity contribution >= 4 is 47.7 Å². The molecule has 1 aliphatic carbocycles. The van der Waals surface area contributed by atoms with Gasteiger partial charge in [0.15, 0.2) is 0 Å². The molecular weight excluding hydrogens is 831 g/mol. The fraction of sp³-hybridized carbons (Fsp3) is 0.818. The van der Waals surface area contributed by atoms with Crippen molar-refractivity contribution < 1.29 is 52.9 Å². The van der Waals surface area contributed by atoms with Gasteiger partial charge in [0.1, 0.15) is 29.8 Å². The number of nitrogens with two attached hydrogens (primary N) is 1. The summed E-state index contributed by atoms with van der Waals surface area (Å²) in [6, 6.07) is -5.04. The molecule has 2 aliphatic rings. The van der Waals surface area contributed by atoms with Gasteiger partial charge in [-0.05, 0) is 71.6 Å². The van der Waals surface area contributed by atoms with Crippen LogP contribution < -0.4 is 37.6 Å². The second-order valence-electron chi connectivity index (χ2n) is 18.5. The SMILES string of the molecule is CCCCCC[C@H]1OC[C@@H](C)NC(=O)[C@H](COCCCN=C(NC(=O)O)NC(=O)OC(C)(C)C)NC(=O)[C@H](CN)NC(=O)[C@H](C2CCCCC2)NC(=O)[C@H](CC(C)C)N(C)C(=O)[C@@H]1C. The highest BCUT2D eigenvalue weighted by Gasteiger charge is 2.39. The molecule has 2 fully saturated rings. The van der Waals surface area contributed by atoms with Gasteiger partial charge in [-0.15, -0.1) is 0 Å². The molecule has 1 aliphatic heterocycles. The Balaban J connectivity index is 2.44. The van der Waals surface area contributed by atoms with Gasteiger partial charge in [0.25, 0.3) is 0 Å². The van der Waals surface area contributed by atoms with Crippen LogP contribution in [-0.2, 0) is 38.2 Å². The minimum Gasteiger partial charge on any atom is -0.465 e. The third kappa shape index (κ3) is 20.5. The second-order valence-corrected chi connectivity index (χ2v) is 18.5. The van der Waals surface area contributed by atoms with Crippen molar-refractivity contribution in [3.63, 3.8) is 0 Å². The predicted molar refractivity (Wildman–Crippen MR) is 241 cm³/mol. The van der Waals surface area contributed by atoms with Crippen LogP contribution in [-0.4, -0.2) is 140 Å². The van der Waals surface area contributed by atoms with Gasteiger partial charge < -0.3 is 51.2 Å². The number of hydrogen-bond acceptors (Lipinski definition) is 12. The van der Waals surface area contributed by atoms with Crippen LogP contribution in [0.4, 0.5) is 9.59 Å². The van der Waals surface area contributed by atoms with Crippen molar-refractivity contribution in [2.75, 3.05) is 40.0 Å². The van der Waals surface area contributed by atoms with Gasteiger partial charge in [-0.25, -0.2) is 9.59 Å². The highest BCUT2D eigenvalue weighted by Crippen LogP contribution is 2.28. The summed E-state index contributed by atoms with van der Waals surface area (Å²) in [7, 11) is 1.61. The van der Waals surface area contributed by atoms with Crippen LogP contribution in [0.3, 0.4) is 0 Å². The summed E-state index contributed by atoms with van der Waals surface area (Å²) in [6.45, 7) is 13.9. The normalized spacial score (nSPS) is 25.5. The lowest BCUT2D eigenvalue weighted by atomic mass is 9.83. The standard InChI is InChI=1S/C44H79N9O11/c1-10-11-12-16-20-34-29(5)40(58)53(9)33(23-27(2)3)38(56)50-35(30-18-14-13-15-19-30)39(57)48-31(24-45)36(54)49-32(37(55)47-28(4)25-63-34)26-62-22-17-21-46-41(51-42(59)60)52-43(61)64-44(6,7)8/h27-35H,10-26,45H2,1-9H3,(H,47,55)(H,48,57)(H,49,54)(H,50,56)(H,59,60)(H2,46,51,52,61)/t28-,29-,31+,32+,33+,34-,35+/m1/s1. The number of alkyl carbamates (subject to hydrolysis) is 1. The van der Waals surface area contributed by atoms with Crippen LogP contribution in [0.25, 0.3) is 0 Å². The topological polar surface area (TPSA) is 281 Å². The van der Waals surface area contributed by atoms with Gasteiger partial charge in [-0.2, -0.15) is 0 Å². The molecule has 9 N–H and O–H groups in total. The van der Waals surface area contributed by atoms with E-state index < -0.39 is 83.6 Å². The quantitative estimate of drug-likeness (QED) is 0.0669. The molecule has 0 aromatic carbocycles. The molecule has 1 saturated carbocycles. The van der Waals surface area contributed by atoms with Crippen molar-refractivity contribution in [3.05, 3.63) is 0 Å². The van der Waals surface area contributed by atoms with Crippen LogP contribution in [0.15, 0.2) is 4.99 Å². The van der Waals surface area contributed by atoms with E-state index >= 15 is 0 Å². The van der Waals surface area contributed by atoms with E-state index in [1.807, 2.05) is 19.2 Å². The zero-order valence-electron chi connectivity index (χ0n) is 39.7. The number of rotatable bonds is 15. The van der Waals surface area contributed by atoms with Crippen LogP contribution in [0.1, 0.15) is 132 Å². The first-order valence-electron chi connectivity index (χ1n) is 23.1. The van der Waals surface area contributed by atoms with Crippen LogP contribution in [0.2, 0.25) is 0 Å². The van der Waals surface area contributed by atoms with E-state index in [2.05, 4.69) is 38.5 Å². The number of carbonyl (C=O) groups excluding carboxylic acids is 6. The summed E-state index contributed by atoms with van der Waals surface area (Å²) in [5, 5.41) is 24.7. The average molecular weight is 910 g/mol. The lowest BCUT2D eigenvalue weighted by Crippen LogP contribution is -2.62. The first kappa shape index (κ1) is 55.6. The Hall–Kier alpha value is -4.56. The predicted octanol–water partition coefficient (Wildman–Crippen LogP) is 2.92. The Bertz CT molecular complexity index is 1550. The van der Waals surface area contributed by atoms with Gasteiger partial charge >= 0.3 is 12.2 Å². The number of nitrogens with zero attached hydrogens (tertiary/aromatic N) is 2. The lowest BCUT2D eigenvalue weighted by Gasteiger charge is -2.36. The van der Waals surface area contributed by atoms with Crippen molar-refractivity contribution in [1.82, 2.24) is 36.8 Å². The van der Waals surface area contributed by atoms with E-state index in [1.54, 1.807) is 41.7 Å². The first-order chi connectivity index (χ1) is 30.2. The van der Waals surface area contributed by atoms with Gasteiger partial charge in [0, 0.05) is 32.8 Å². The number of hydrogen-bond donors (Lipinski definition) is 8. The van der Waals surface area contributed by atoms with Gasteiger partial charge in [0.2, 0.25) is 35.5 Å². The molecular formula is C44H79N9O11. The summed E-state index contributed by atoms with van der Waals surface area (Å²) >= 11 is 0. The van der Waals surface area contributed by atoms with Crippen molar-refractivity contribution in [3.8, 4) is 0 Å². The summed E-state index contributed by atoms with van der Waals surface area (Å²) < 4.78 is 17.4. The summed E-state index contributed by atoms with van der Waals surface area (Å²) in [5.41, 5.74) is 5.22. The highest BCUT2D eigenvalue weighted by molar-refractivity contribution is 6.01. The van der Waals surface area contributed by atoms with Gasteiger partial charge in [0.05, 0.1) is 25.2 Å². The van der Waals surface area contributed by atoms with Gasteiger partial charge in [-0.1, -0.05) is 72.6 Å². The lowest BCUT2D eigenvalue weighted by molar-refractivity contribution is -0.147. The summed E-state index contributed by atoms with van der Waals surface area (Å²) in [5.74, 6) is -3.88. The Labute approximate surface area is 379 Å². The Morgan fingerprint density at radius 1 is 0.906 bits per heavy atom. The van der Waals surface area contributed by atoms with Crippen LogP contribution >= 0.6 is 0 Å². The molecule has 0 unspecified atom stereocenters. The van der Waals surface area contributed by atoms with E-state index in [0.29, 0.717) is 25.7 Å². The van der Waals surface area contributed by atoms with Gasteiger partial charge in [-0.3, -0.25) is 39.6 Å². The summed E-state index contributed by atoms with van der Waals surface area (Å²) in [4.78, 5) is 99.5. The molecule has 2 rings (SSSR count). The number of likely N-dealkylation sites (N-methyl/N-ethyl adjacent to an activating group) is 1. The monoisotopic (exact) mass is 910 g/mol. The number of amides is 7. The average Bonchev–Trinajstić information content (AvgIpc) is 3.22. The molecule has 0 aromatic rings. The Kier molecular flexibility index (Phi) is 24.6. The fourth-order valence-electron chi connectivity index (χ4n) is 7.66. The number of carbonyl (C=O) groups is 7. The third-order valence-electron chi connectivity index (χ3n) is 11.1. The maximum Gasteiger partial charge on any atom is 0.414 e. The Morgan fingerprint density at radius 3 is 2.17 bits per heavy atom. The molecule has 7 amide bonds. The van der Waals surface area contributed by atoms with E-state index in [9.17, 15) is 38.7 Å². The first-order valence-corrected chi connectivity index (χ1v) is 23.1. The van der Waals surface area contributed by atoms with E-state index in [4.69, 9.17) is 19.9 Å². The number of nitrogens with one attached hydrogen (secondary N) is 6. The zero-order valence-corrected chi connectivity index (χ0v) is 39.7. The second kappa shape index (κ2) is 28.4. The fourth-order valence-corrected chi connectivity index (χ4v) is 7.66. The smallest absolute Gasteiger partial charge is 0.414 e. The number of ether oxygens (including phenoxy) is 3. The molecule has 366 valence electrons. The molecule has 0 bridgehead atoms.